The van der Waals surface area contributed by atoms with E-state index in [-0.39, 0.29) is 17.5 Å². The largest absolute Gasteiger partial charge is 0.433 e. The second-order valence-corrected chi connectivity index (χ2v) is 7.03. The Morgan fingerprint density at radius 1 is 1.20 bits per heavy atom. The van der Waals surface area contributed by atoms with Crippen molar-refractivity contribution in [3.05, 3.63) is 65.0 Å². The van der Waals surface area contributed by atoms with Gasteiger partial charge < -0.3 is 19.7 Å². The van der Waals surface area contributed by atoms with Crippen LogP contribution in [0, 0.1) is 0 Å². The number of nitrogens with zero attached hydrogens (tertiary/aromatic N) is 2. The number of halogens is 3. The number of alkyl halides is 2. The van der Waals surface area contributed by atoms with Gasteiger partial charge in [-0.1, -0.05) is 16.8 Å². The van der Waals surface area contributed by atoms with Gasteiger partial charge >= 0.3 is 6.11 Å². The summed E-state index contributed by atoms with van der Waals surface area (Å²) in [4.78, 5) is 16.6. The average molecular weight is 438 g/mol. The molecular weight excluding hydrogens is 420 g/mol. The third kappa shape index (κ3) is 5.52. The zero-order valence-corrected chi connectivity index (χ0v) is 16.7. The molecule has 1 amide bonds. The Hall–Kier alpha value is -3.04. The number of benzene rings is 2. The van der Waals surface area contributed by atoms with Gasteiger partial charge in [0.25, 0.3) is 11.8 Å². The molecule has 2 atom stereocenters. The van der Waals surface area contributed by atoms with Crippen molar-refractivity contribution in [3.63, 3.8) is 0 Å². The molecule has 3 aromatic rings. The highest BCUT2D eigenvalue weighted by Crippen LogP contribution is 2.26. The third-order valence-corrected chi connectivity index (χ3v) is 4.24. The fraction of sp³-hybridized carbons (Fsp3) is 0.250. The number of carbonyl (C=O) groups excluding carboxylic acids is 1. The number of carbonyl (C=O) groups is 1. The summed E-state index contributed by atoms with van der Waals surface area (Å²) in [6, 6.07) is 10.9. The predicted octanol–water partition coefficient (Wildman–Crippen LogP) is 4.23. The van der Waals surface area contributed by atoms with Gasteiger partial charge in [-0.05, 0) is 55.5 Å². The average Bonchev–Trinajstić information content (AvgIpc) is 3.15. The SMILES string of the molecule is C[C@@H](O)[C@H](NC(=O)c1ccc(Cl)cc1)c1nc(-c2ccc(OC(C)(F)F)cc2)no1. The minimum atomic E-state index is -3.30. The molecule has 0 unspecified atom stereocenters. The van der Waals surface area contributed by atoms with Crippen molar-refractivity contribution < 1.29 is 27.9 Å². The number of hydrogen-bond donors (Lipinski definition) is 2. The number of hydrogen-bond acceptors (Lipinski definition) is 6. The maximum atomic E-state index is 12.9. The van der Waals surface area contributed by atoms with Crippen molar-refractivity contribution in [1.29, 1.82) is 0 Å². The van der Waals surface area contributed by atoms with Crippen LogP contribution < -0.4 is 10.1 Å². The molecule has 0 aliphatic carbocycles. The lowest BCUT2D eigenvalue weighted by Crippen LogP contribution is -2.35. The van der Waals surface area contributed by atoms with Crippen LogP contribution in [0.25, 0.3) is 11.4 Å². The highest BCUT2D eigenvalue weighted by atomic mass is 35.5. The molecule has 0 saturated carbocycles. The second-order valence-electron chi connectivity index (χ2n) is 6.59. The van der Waals surface area contributed by atoms with Crippen LogP contribution in [0.4, 0.5) is 8.78 Å². The quantitative estimate of drug-likeness (QED) is 0.574. The number of rotatable bonds is 7. The standard InChI is InChI=1S/C20H18ClF2N3O4/c1-11(27)16(24-18(28)13-3-7-14(21)8-4-13)19-25-17(26-30-19)12-5-9-15(10-6-12)29-20(2,22)23/h3-11,16,27H,1-2H3,(H,24,28)/t11-,16+/m1/s1. The molecule has 0 aliphatic heterocycles. The normalized spacial score (nSPS) is 13.5. The first kappa shape index (κ1) is 21.7. The zero-order valence-electron chi connectivity index (χ0n) is 16.0. The minimum Gasteiger partial charge on any atom is -0.433 e. The lowest BCUT2D eigenvalue weighted by molar-refractivity contribution is -0.158. The molecule has 0 fully saturated rings. The van der Waals surface area contributed by atoms with Crippen molar-refractivity contribution in [2.24, 2.45) is 0 Å². The van der Waals surface area contributed by atoms with Crippen molar-refractivity contribution in [1.82, 2.24) is 15.5 Å². The molecule has 10 heteroatoms. The Balaban J connectivity index is 1.76. The van der Waals surface area contributed by atoms with Gasteiger partial charge in [0.15, 0.2) is 0 Å². The summed E-state index contributed by atoms with van der Waals surface area (Å²) in [6.45, 7) is 2.11. The monoisotopic (exact) mass is 437 g/mol. The van der Waals surface area contributed by atoms with Crippen molar-refractivity contribution in [3.8, 4) is 17.1 Å². The number of ether oxygens (including phenoxy) is 1. The van der Waals surface area contributed by atoms with Crippen molar-refractivity contribution in [2.45, 2.75) is 32.1 Å². The summed E-state index contributed by atoms with van der Waals surface area (Å²) in [6.07, 6.45) is -4.33. The summed E-state index contributed by atoms with van der Waals surface area (Å²) < 4.78 is 35.5. The van der Waals surface area contributed by atoms with E-state index in [0.29, 0.717) is 23.1 Å². The highest BCUT2D eigenvalue weighted by Gasteiger charge is 2.27. The highest BCUT2D eigenvalue weighted by molar-refractivity contribution is 6.30. The smallest absolute Gasteiger partial charge is 0.394 e. The molecule has 3 rings (SSSR count). The van der Waals surface area contributed by atoms with E-state index in [2.05, 4.69) is 20.2 Å². The van der Waals surface area contributed by atoms with Gasteiger partial charge in [-0.15, -0.1) is 0 Å². The Morgan fingerprint density at radius 2 is 1.83 bits per heavy atom. The van der Waals surface area contributed by atoms with Gasteiger partial charge in [-0.3, -0.25) is 4.79 Å². The van der Waals surface area contributed by atoms with E-state index in [1.165, 1.54) is 31.2 Å². The molecule has 7 nitrogen and oxygen atoms in total. The van der Waals surface area contributed by atoms with Gasteiger partial charge in [-0.2, -0.15) is 13.8 Å². The summed E-state index contributed by atoms with van der Waals surface area (Å²) in [5.74, 6) is -0.333. The maximum Gasteiger partial charge on any atom is 0.394 e. The van der Waals surface area contributed by atoms with Crippen LogP contribution in [0.15, 0.2) is 53.1 Å². The molecule has 30 heavy (non-hydrogen) atoms. The topological polar surface area (TPSA) is 97.5 Å². The molecule has 0 saturated heterocycles. The molecule has 0 radical (unpaired) electrons. The van der Waals surface area contributed by atoms with E-state index in [1.54, 1.807) is 24.3 Å². The summed E-state index contributed by atoms with van der Waals surface area (Å²) in [5.41, 5.74) is 0.818. The van der Waals surface area contributed by atoms with Gasteiger partial charge in [0.2, 0.25) is 5.82 Å². The molecular formula is C20H18ClF2N3O4. The van der Waals surface area contributed by atoms with Crippen LogP contribution in [-0.4, -0.2) is 33.4 Å². The van der Waals surface area contributed by atoms with E-state index >= 15 is 0 Å². The van der Waals surface area contributed by atoms with E-state index < -0.39 is 24.2 Å². The molecule has 1 aromatic heterocycles. The summed E-state index contributed by atoms with van der Waals surface area (Å²) in [7, 11) is 0. The molecule has 2 N–H and O–H groups in total. The van der Waals surface area contributed by atoms with Gasteiger partial charge in [0.1, 0.15) is 11.8 Å². The first-order valence-corrected chi connectivity index (χ1v) is 9.25. The molecule has 2 aromatic carbocycles. The Bertz CT molecular complexity index is 1000. The Morgan fingerprint density at radius 3 is 2.40 bits per heavy atom. The van der Waals surface area contributed by atoms with Crippen LogP contribution in [0.2, 0.25) is 5.02 Å². The fourth-order valence-electron chi connectivity index (χ4n) is 2.57. The minimum absolute atomic E-state index is 0.0114. The van der Waals surface area contributed by atoms with Gasteiger partial charge in [0, 0.05) is 23.1 Å². The number of aliphatic hydroxyl groups excluding tert-OH is 1. The predicted molar refractivity (Wildman–Crippen MR) is 104 cm³/mol. The van der Waals surface area contributed by atoms with Crippen LogP contribution in [0.5, 0.6) is 5.75 Å². The van der Waals surface area contributed by atoms with Crippen LogP contribution in [0.3, 0.4) is 0 Å². The molecule has 0 spiro atoms. The van der Waals surface area contributed by atoms with E-state index in [4.69, 9.17) is 16.1 Å². The van der Waals surface area contributed by atoms with Gasteiger partial charge in [0.05, 0.1) is 6.10 Å². The van der Waals surface area contributed by atoms with Gasteiger partial charge in [-0.25, -0.2) is 0 Å². The molecule has 1 heterocycles. The van der Waals surface area contributed by atoms with Crippen molar-refractivity contribution >= 4 is 17.5 Å². The lowest BCUT2D eigenvalue weighted by Gasteiger charge is -2.17. The zero-order chi connectivity index (χ0) is 21.9. The number of amides is 1. The second kappa shape index (κ2) is 8.76. The number of aliphatic hydroxyl groups is 1. The Kier molecular flexibility index (Phi) is 6.33. The molecule has 0 bridgehead atoms. The summed E-state index contributed by atoms with van der Waals surface area (Å²) >= 11 is 5.82. The van der Waals surface area contributed by atoms with E-state index in [1.807, 2.05) is 0 Å². The van der Waals surface area contributed by atoms with E-state index in [0.717, 1.165) is 0 Å². The first-order chi connectivity index (χ1) is 14.1. The fourth-order valence-corrected chi connectivity index (χ4v) is 2.70. The number of nitrogens with one attached hydrogen (secondary N) is 1. The molecule has 0 aliphatic rings. The van der Waals surface area contributed by atoms with Crippen LogP contribution in [-0.2, 0) is 0 Å². The number of aromatic nitrogens is 2. The van der Waals surface area contributed by atoms with Crippen LogP contribution in [0.1, 0.15) is 36.1 Å². The first-order valence-electron chi connectivity index (χ1n) is 8.88. The summed E-state index contributed by atoms with van der Waals surface area (Å²) in [5, 5.41) is 17.0. The Labute approximate surface area is 175 Å². The maximum absolute atomic E-state index is 12.9. The van der Waals surface area contributed by atoms with Crippen molar-refractivity contribution in [2.75, 3.05) is 0 Å². The third-order valence-electron chi connectivity index (χ3n) is 3.99. The van der Waals surface area contributed by atoms with E-state index in [9.17, 15) is 18.7 Å². The lowest BCUT2D eigenvalue weighted by atomic mass is 10.1. The molecule has 158 valence electrons. The van der Waals surface area contributed by atoms with Crippen LogP contribution >= 0.6 is 11.6 Å².